The van der Waals surface area contributed by atoms with Crippen LogP contribution in [0, 0.1) is 6.92 Å². The molecule has 0 amide bonds. The van der Waals surface area contributed by atoms with Gasteiger partial charge in [0.05, 0.1) is 11.1 Å². The largest absolute Gasteiger partial charge is 0.385 e. The molecule has 3 heterocycles. The maximum atomic E-state index is 11.1. The number of aryl methyl sites for hydroxylation is 2. The quantitative estimate of drug-likeness (QED) is 0.774. The molecule has 130 valence electrons. The van der Waals surface area contributed by atoms with E-state index < -0.39 is 5.60 Å². The molecule has 1 atom stereocenters. The lowest BCUT2D eigenvalue weighted by Gasteiger charge is -2.24. The Labute approximate surface area is 148 Å². The molecule has 25 heavy (non-hydrogen) atoms. The van der Waals surface area contributed by atoms with Crippen molar-refractivity contribution in [2.45, 2.75) is 38.8 Å². The van der Waals surface area contributed by atoms with Crippen LogP contribution in [-0.2, 0) is 32.0 Å². The van der Waals surface area contributed by atoms with Gasteiger partial charge in [-0.3, -0.25) is 4.98 Å². The number of rotatable bonds is 3. The summed E-state index contributed by atoms with van der Waals surface area (Å²) in [5.74, 6) is 0. The maximum absolute atomic E-state index is 11.1. The van der Waals surface area contributed by atoms with Crippen molar-refractivity contribution in [3.63, 3.8) is 0 Å². The highest BCUT2D eigenvalue weighted by molar-refractivity contribution is 5.89. The molecule has 1 unspecified atom stereocenters. The Morgan fingerprint density at radius 3 is 2.96 bits per heavy atom. The van der Waals surface area contributed by atoms with Crippen LogP contribution in [0.2, 0.25) is 0 Å². The summed E-state index contributed by atoms with van der Waals surface area (Å²) in [6, 6.07) is 8.32. The third-order valence-corrected chi connectivity index (χ3v) is 5.41. The van der Waals surface area contributed by atoms with E-state index in [2.05, 4.69) is 41.0 Å². The van der Waals surface area contributed by atoms with Gasteiger partial charge in [-0.25, -0.2) is 0 Å². The predicted molar refractivity (Wildman–Crippen MR) is 101 cm³/mol. The summed E-state index contributed by atoms with van der Waals surface area (Å²) in [4.78, 5) is 4.17. The fraction of sp³-hybridized carbons (Fsp3) is 0.381. The molecule has 0 bridgehead atoms. The van der Waals surface area contributed by atoms with Crippen molar-refractivity contribution in [2.75, 3.05) is 6.54 Å². The van der Waals surface area contributed by atoms with Crippen LogP contribution >= 0.6 is 0 Å². The molecule has 0 spiro atoms. The zero-order valence-electron chi connectivity index (χ0n) is 15.1. The van der Waals surface area contributed by atoms with Crippen LogP contribution in [0.5, 0.6) is 0 Å². The number of benzene rings is 1. The Kier molecular flexibility index (Phi) is 3.89. The SMILES string of the molecule is Cc1cc(CC(C)(O)c2cccnc2)c2c(c1)c1c(n2C)CCNC1. The predicted octanol–water partition coefficient (Wildman–Crippen LogP) is 2.98. The zero-order valence-corrected chi connectivity index (χ0v) is 15.1. The summed E-state index contributed by atoms with van der Waals surface area (Å²) in [5.41, 5.74) is 6.42. The second kappa shape index (κ2) is 5.97. The number of hydrogen-bond donors (Lipinski definition) is 2. The standard InChI is InChI=1S/C21H25N3O/c1-14-9-15(11-21(2,25)16-5-4-7-22-12-16)20-17(10-14)18-13-23-8-6-19(18)24(20)3/h4-5,7,9-10,12,23,25H,6,8,11,13H2,1-3H3. The molecule has 1 aliphatic rings. The van der Waals surface area contributed by atoms with E-state index in [0.717, 1.165) is 25.1 Å². The zero-order chi connectivity index (χ0) is 17.6. The molecule has 0 saturated carbocycles. The van der Waals surface area contributed by atoms with Crippen LogP contribution in [0.4, 0.5) is 0 Å². The van der Waals surface area contributed by atoms with Crippen LogP contribution in [0.1, 0.15) is 34.9 Å². The average Bonchev–Trinajstić information content (AvgIpc) is 2.88. The van der Waals surface area contributed by atoms with E-state index in [-0.39, 0.29) is 0 Å². The van der Waals surface area contributed by atoms with Crippen LogP contribution in [0.15, 0.2) is 36.7 Å². The van der Waals surface area contributed by atoms with Gasteiger partial charge in [0.15, 0.2) is 0 Å². The van der Waals surface area contributed by atoms with E-state index in [1.54, 1.807) is 12.4 Å². The van der Waals surface area contributed by atoms with E-state index in [1.165, 1.54) is 33.3 Å². The van der Waals surface area contributed by atoms with E-state index >= 15 is 0 Å². The van der Waals surface area contributed by atoms with E-state index in [4.69, 9.17) is 0 Å². The van der Waals surface area contributed by atoms with Gasteiger partial charge >= 0.3 is 0 Å². The Morgan fingerprint density at radius 1 is 1.36 bits per heavy atom. The van der Waals surface area contributed by atoms with Gasteiger partial charge in [-0.2, -0.15) is 0 Å². The van der Waals surface area contributed by atoms with Gasteiger partial charge in [0.2, 0.25) is 0 Å². The lowest BCUT2D eigenvalue weighted by Crippen LogP contribution is -2.25. The third-order valence-electron chi connectivity index (χ3n) is 5.41. The molecule has 0 fully saturated rings. The molecule has 2 N–H and O–H groups in total. The minimum Gasteiger partial charge on any atom is -0.385 e. The van der Waals surface area contributed by atoms with E-state index in [1.807, 2.05) is 19.1 Å². The molecule has 0 aliphatic carbocycles. The second-order valence-corrected chi connectivity index (χ2v) is 7.42. The smallest absolute Gasteiger partial charge is 0.0924 e. The molecule has 0 radical (unpaired) electrons. The molecule has 1 aromatic carbocycles. The fourth-order valence-corrected chi connectivity index (χ4v) is 4.20. The first-order valence-electron chi connectivity index (χ1n) is 8.90. The molecular formula is C21H25N3O. The second-order valence-electron chi connectivity index (χ2n) is 7.42. The van der Waals surface area contributed by atoms with Crippen molar-refractivity contribution in [1.82, 2.24) is 14.9 Å². The number of fused-ring (bicyclic) bond motifs is 3. The third kappa shape index (κ3) is 2.75. The highest BCUT2D eigenvalue weighted by atomic mass is 16.3. The molecular weight excluding hydrogens is 310 g/mol. The minimum absolute atomic E-state index is 0.570. The molecule has 3 aromatic rings. The number of pyridine rings is 1. The van der Waals surface area contributed by atoms with Crippen molar-refractivity contribution >= 4 is 10.9 Å². The first-order valence-corrected chi connectivity index (χ1v) is 8.90. The maximum Gasteiger partial charge on any atom is 0.0924 e. The van der Waals surface area contributed by atoms with E-state index in [9.17, 15) is 5.11 Å². The molecule has 2 aromatic heterocycles. The Bertz CT molecular complexity index is 925. The average molecular weight is 335 g/mol. The van der Waals surface area contributed by atoms with Crippen molar-refractivity contribution in [2.24, 2.45) is 7.05 Å². The lowest BCUT2D eigenvalue weighted by atomic mass is 9.88. The van der Waals surface area contributed by atoms with Crippen molar-refractivity contribution < 1.29 is 5.11 Å². The molecule has 4 nitrogen and oxygen atoms in total. The molecule has 4 rings (SSSR count). The van der Waals surface area contributed by atoms with Gasteiger partial charge in [0.25, 0.3) is 0 Å². The first-order chi connectivity index (χ1) is 12.0. The van der Waals surface area contributed by atoms with Crippen molar-refractivity contribution in [3.8, 4) is 0 Å². The highest BCUT2D eigenvalue weighted by Gasteiger charge is 2.27. The Morgan fingerprint density at radius 2 is 2.20 bits per heavy atom. The number of hydrogen-bond acceptors (Lipinski definition) is 3. The van der Waals surface area contributed by atoms with Crippen molar-refractivity contribution in [1.29, 1.82) is 0 Å². The molecule has 1 aliphatic heterocycles. The van der Waals surface area contributed by atoms with Gasteiger partial charge in [-0.15, -0.1) is 0 Å². The highest BCUT2D eigenvalue weighted by Crippen LogP contribution is 2.34. The Hall–Kier alpha value is -2.17. The van der Waals surface area contributed by atoms with Crippen molar-refractivity contribution in [3.05, 3.63) is 64.6 Å². The van der Waals surface area contributed by atoms with Gasteiger partial charge in [-0.1, -0.05) is 17.7 Å². The van der Waals surface area contributed by atoms with Crippen LogP contribution < -0.4 is 5.32 Å². The summed E-state index contributed by atoms with van der Waals surface area (Å²) in [6.45, 7) is 5.97. The Balaban J connectivity index is 1.86. The van der Waals surface area contributed by atoms with Crippen LogP contribution in [-0.4, -0.2) is 21.2 Å². The van der Waals surface area contributed by atoms with E-state index in [0.29, 0.717) is 6.42 Å². The lowest BCUT2D eigenvalue weighted by molar-refractivity contribution is 0.0575. The monoisotopic (exact) mass is 335 g/mol. The summed E-state index contributed by atoms with van der Waals surface area (Å²) in [6.07, 6.45) is 5.12. The summed E-state index contributed by atoms with van der Waals surface area (Å²) in [7, 11) is 2.16. The number of aliphatic hydroxyl groups is 1. The number of nitrogens with one attached hydrogen (secondary N) is 1. The summed E-state index contributed by atoms with van der Waals surface area (Å²) < 4.78 is 2.33. The van der Waals surface area contributed by atoms with Gasteiger partial charge < -0.3 is 15.0 Å². The van der Waals surface area contributed by atoms with Crippen LogP contribution in [0.25, 0.3) is 10.9 Å². The summed E-state index contributed by atoms with van der Waals surface area (Å²) >= 11 is 0. The molecule has 0 saturated heterocycles. The minimum atomic E-state index is -0.946. The van der Waals surface area contributed by atoms with Gasteiger partial charge in [-0.05, 0) is 37.1 Å². The number of aromatic nitrogens is 2. The normalized spacial score (nSPS) is 16.6. The van der Waals surface area contributed by atoms with Gasteiger partial charge in [0, 0.05) is 62.0 Å². The summed E-state index contributed by atoms with van der Waals surface area (Å²) in [5, 5.41) is 15.9. The van der Waals surface area contributed by atoms with Crippen LogP contribution in [0.3, 0.4) is 0 Å². The first kappa shape index (κ1) is 16.3. The molecule has 4 heteroatoms. The number of nitrogens with zero attached hydrogens (tertiary/aromatic N) is 2. The van der Waals surface area contributed by atoms with Gasteiger partial charge in [0.1, 0.15) is 0 Å². The fourth-order valence-electron chi connectivity index (χ4n) is 4.20. The topological polar surface area (TPSA) is 50.1 Å².